The summed E-state index contributed by atoms with van der Waals surface area (Å²) in [5, 5.41) is 2.94. The fraction of sp³-hybridized carbons (Fsp3) is 0.364. The van der Waals surface area contributed by atoms with Gasteiger partial charge in [-0.1, -0.05) is 24.3 Å². The molecule has 2 aliphatic rings. The number of carbonyl (C=O) groups excluding carboxylic acids is 2. The molecule has 2 aromatic carbocycles. The quantitative estimate of drug-likeness (QED) is 0.803. The molecule has 0 aliphatic carbocycles. The number of urea groups is 1. The van der Waals surface area contributed by atoms with Gasteiger partial charge in [-0.15, -0.1) is 0 Å². The van der Waals surface area contributed by atoms with Crippen molar-refractivity contribution in [2.45, 2.75) is 31.3 Å². The van der Waals surface area contributed by atoms with E-state index in [2.05, 4.69) is 5.32 Å². The molecule has 0 aromatic heterocycles. The molecule has 6 heteroatoms. The van der Waals surface area contributed by atoms with E-state index in [1.807, 2.05) is 41.3 Å². The molecule has 4 rings (SSSR count). The summed E-state index contributed by atoms with van der Waals surface area (Å²) in [4.78, 5) is 26.2. The van der Waals surface area contributed by atoms with Crippen LogP contribution in [0.15, 0.2) is 48.5 Å². The zero-order chi connectivity index (χ0) is 19.6. The number of nitrogens with one attached hydrogen (secondary N) is 1. The van der Waals surface area contributed by atoms with Gasteiger partial charge in [-0.25, -0.2) is 9.59 Å². The number of anilines is 1. The molecule has 0 radical (unpaired) electrons. The number of hydrogen-bond acceptors (Lipinski definition) is 4. The Labute approximate surface area is 164 Å². The molecule has 0 bridgehead atoms. The first-order valence-electron chi connectivity index (χ1n) is 9.60. The van der Waals surface area contributed by atoms with Crippen molar-refractivity contribution in [3.63, 3.8) is 0 Å². The minimum atomic E-state index is -0.363. The van der Waals surface area contributed by atoms with Gasteiger partial charge in [-0.2, -0.15) is 0 Å². The number of rotatable bonds is 2. The summed E-state index contributed by atoms with van der Waals surface area (Å²) in [5.74, 6) is 0.398. The maximum atomic E-state index is 12.5. The number of likely N-dealkylation sites (tertiary alicyclic amines) is 1. The van der Waals surface area contributed by atoms with Gasteiger partial charge in [0.2, 0.25) is 0 Å². The Morgan fingerprint density at radius 2 is 1.82 bits per heavy atom. The van der Waals surface area contributed by atoms with Gasteiger partial charge >= 0.3 is 12.0 Å². The number of nitrogens with zero attached hydrogens (tertiary/aromatic N) is 1. The van der Waals surface area contributed by atoms with Gasteiger partial charge in [0, 0.05) is 31.6 Å². The first-order chi connectivity index (χ1) is 13.6. The van der Waals surface area contributed by atoms with Crippen LogP contribution in [0.25, 0.3) is 0 Å². The van der Waals surface area contributed by atoms with Crippen LogP contribution in [0.5, 0.6) is 5.75 Å². The maximum Gasteiger partial charge on any atom is 0.337 e. The lowest BCUT2D eigenvalue weighted by Gasteiger charge is -2.44. The molecule has 6 nitrogen and oxygen atoms in total. The van der Waals surface area contributed by atoms with Crippen molar-refractivity contribution < 1.29 is 19.1 Å². The van der Waals surface area contributed by atoms with E-state index >= 15 is 0 Å². The molecule has 146 valence electrons. The predicted molar refractivity (Wildman–Crippen MR) is 106 cm³/mol. The van der Waals surface area contributed by atoms with Crippen molar-refractivity contribution in [2.75, 3.05) is 25.5 Å². The lowest BCUT2D eigenvalue weighted by atomic mass is 9.83. The number of esters is 1. The third kappa shape index (κ3) is 3.67. The molecule has 0 saturated carbocycles. The van der Waals surface area contributed by atoms with Crippen molar-refractivity contribution in [3.8, 4) is 5.75 Å². The zero-order valence-corrected chi connectivity index (χ0v) is 15.9. The Kier molecular flexibility index (Phi) is 4.94. The summed E-state index contributed by atoms with van der Waals surface area (Å²) < 4.78 is 11.2. The van der Waals surface area contributed by atoms with Crippen LogP contribution in [0, 0.1) is 0 Å². The van der Waals surface area contributed by atoms with E-state index in [1.165, 1.54) is 7.11 Å². The molecule has 0 unspecified atom stereocenters. The standard InChI is InChI=1S/C22H24N2O4/c1-27-20(25)17-8-7-16-9-10-22(28-19(16)15-17)11-13-24(14-12-22)21(26)23-18-5-3-2-4-6-18/h2-8,15H,9-14H2,1H3,(H,23,26). The molecule has 2 heterocycles. The number of para-hydroxylation sites is 1. The number of fused-ring (bicyclic) bond motifs is 1. The van der Waals surface area contributed by atoms with E-state index in [0.29, 0.717) is 18.7 Å². The van der Waals surface area contributed by atoms with Gasteiger partial charge in [0.25, 0.3) is 0 Å². The number of hydrogen-bond donors (Lipinski definition) is 1. The highest BCUT2D eigenvalue weighted by atomic mass is 16.5. The number of aryl methyl sites for hydroxylation is 1. The topological polar surface area (TPSA) is 67.9 Å². The van der Waals surface area contributed by atoms with E-state index in [1.54, 1.807) is 12.1 Å². The highest BCUT2D eigenvalue weighted by molar-refractivity contribution is 5.90. The maximum absolute atomic E-state index is 12.5. The van der Waals surface area contributed by atoms with Crippen LogP contribution in [-0.2, 0) is 11.2 Å². The van der Waals surface area contributed by atoms with E-state index in [-0.39, 0.29) is 17.6 Å². The third-order valence-corrected chi connectivity index (χ3v) is 5.65. The van der Waals surface area contributed by atoms with Crippen LogP contribution in [-0.4, -0.2) is 42.7 Å². The van der Waals surface area contributed by atoms with Crippen LogP contribution in [0.2, 0.25) is 0 Å². The molecule has 1 N–H and O–H groups in total. The van der Waals surface area contributed by atoms with Crippen LogP contribution in [0.3, 0.4) is 0 Å². The molecular weight excluding hydrogens is 356 g/mol. The van der Waals surface area contributed by atoms with Crippen LogP contribution in [0.4, 0.5) is 10.5 Å². The number of methoxy groups -OCH3 is 1. The smallest absolute Gasteiger partial charge is 0.337 e. The van der Waals surface area contributed by atoms with Crippen molar-refractivity contribution in [3.05, 3.63) is 59.7 Å². The van der Waals surface area contributed by atoms with Gasteiger partial charge in [0.1, 0.15) is 11.4 Å². The lowest BCUT2D eigenvalue weighted by Crippen LogP contribution is -2.52. The molecule has 1 spiro atoms. The molecule has 2 aliphatic heterocycles. The molecule has 0 atom stereocenters. The number of ether oxygens (including phenoxy) is 2. The second-order valence-corrected chi connectivity index (χ2v) is 7.38. The Morgan fingerprint density at radius 3 is 2.54 bits per heavy atom. The van der Waals surface area contributed by atoms with Crippen molar-refractivity contribution in [1.82, 2.24) is 4.90 Å². The number of amides is 2. The van der Waals surface area contributed by atoms with E-state index in [4.69, 9.17) is 9.47 Å². The van der Waals surface area contributed by atoms with Gasteiger partial charge in [-0.05, 0) is 42.7 Å². The normalized spacial score (nSPS) is 17.4. The third-order valence-electron chi connectivity index (χ3n) is 5.65. The van der Waals surface area contributed by atoms with E-state index in [9.17, 15) is 9.59 Å². The molecular formula is C22H24N2O4. The Hall–Kier alpha value is -3.02. The van der Waals surface area contributed by atoms with Crippen molar-refractivity contribution in [1.29, 1.82) is 0 Å². The highest BCUT2D eigenvalue weighted by Gasteiger charge is 2.40. The van der Waals surface area contributed by atoms with Gasteiger partial charge in [0.05, 0.1) is 12.7 Å². The van der Waals surface area contributed by atoms with Gasteiger partial charge in [0.15, 0.2) is 0 Å². The molecule has 2 amide bonds. The summed E-state index contributed by atoms with van der Waals surface area (Å²) in [7, 11) is 1.38. The number of benzene rings is 2. The summed E-state index contributed by atoms with van der Waals surface area (Å²) in [6.07, 6.45) is 3.38. The van der Waals surface area contributed by atoms with E-state index in [0.717, 1.165) is 42.7 Å². The average Bonchev–Trinajstić information content (AvgIpc) is 2.74. The Bertz CT molecular complexity index is 873. The van der Waals surface area contributed by atoms with Crippen LogP contribution in [0.1, 0.15) is 35.2 Å². The average molecular weight is 380 g/mol. The van der Waals surface area contributed by atoms with Crippen molar-refractivity contribution >= 4 is 17.7 Å². The Morgan fingerprint density at radius 1 is 1.07 bits per heavy atom. The SMILES string of the molecule is COC(=O)c1ccc2c(c1)OC1(CC2)CCN(C(=O)Nc2ccccc2)CC1. The second kappa shape index (κ2) is 7.54. The molecule has 1 saturated heterocycles. The summed E-state index contributed by atoms with van der Waals surface area (Å²) in [6, 6.07) is 14.9. The van der Waals surface area contributed by atoms with Crippen LogP contribution >= 0.6 is 0 Å². The molecule has 28 heavy (non-hydrogen) atoms. The minimum absolute atomic E-state index is 0.0785. The highest BCUT2D eigenvalue weighted by Crippen LogP contribution is 2.39. The monoisotopic (exact) mass is 380 g/mol. The largest absolute Gasteiger partial charge is 0.487 e. The van der Waals surface area contributed by atoms with Crippen molar-refractivity contribution in [2.24, 2.45) is 0 Å². The summed E-state index contributed by atoms with van der Waals surface area (Å²) >= 11 is 0. The first kappa shape index (κ1) is 18.3. The van der Waals surface area contributed by atoms with Crippen LogP contribution < -0.4 is 10.1 Å². The fourth-order valence-corrected chi connectivity index (χ4v) is 3.94. The van der Waals surface area contributed by atoms with E-state index < -0.39 is 0 Å². The lowest BCUT2D eigenvalue weighted by molar-refractivity contribution is -0.00451. The molecule has 1 fully saturated rings. The summed E-state index contributed by atoms with van der Waals surface area (Å²) in [5.41, 5.74) is 2.14. The fourth-order valence-electron chi connectivity index (χ4n) is 3.94. The number of carbonyl (C=O) groups is 2. The van der Waals surface area contributed by atoms with Gasteiger partial charge in [-0.3, -0.25) is 0 Å². The zero-order valence-electron chi connectivity index (χ0n) is 15.9. The number of piperidine rings is 1. The first-order valence-corrected chi connectivity index (χ1v) is 9.60. The second-order valence-electron chi connectivity index (χ2n) is 7.38. The minimum Gasteiger partial charge on any atom is -0.487 e. The Balaban J connectivity index is 1.40. The summed E-state index contributed by atoms with van der Waals surface area (Å²) in [6.45, 7) is 1.29. The predicted octanol–water partition coefficient (Wildman–Crippen LogP) is 3.86. The van der Waals surface area contributed by atoms with Gasteiger partial charge < -0.3 is 19.7 Å². The molecule has 2 aromatic rings.